The molecule has 2 aromatic rings. The summed E-state index contributed by atoms with van der Waals surface area (Å²) in [6.45, 7) is 6.32. The summed E-state index contributed by atoms with van der Waals surface area (Å²) in [5, 5.41) is 0. The predicted molar refractivity (Wildman–Crippen MR) is 80.4 cm³/mol. The molecule has 0 saturated heterocycles. The van der Waals surface area contributed by atoms with Crippen molar-refractivity contribution in [3.05, 3.63) is 58.9 Å². The number of ether oxygens (including phenoxy) is 1. The molecular weight excluding hydrogens is 253 g/mol. The Balaban J connectivity index is 2.25. The van der Waals surface area contributed by atoms with Crippen LogP contribution in [0, 0.1) is 12.7 Å². The molecule has 0 radical (unpaired) electrons. The molecule has 20 heavy (non-hydrogen) atoms. The minimum Gasteiger partial charge on any atom is -0.488 e. The average molecular weight is 273 g/mol. The van der Waals surface area contributed by atoms with Crippen molar-refractivity contribution in [1.29, 1.82) is 0 Å². The van der Waals surface area contributed by atoms with Gasteiger partial charge < -0.3 is 10.5 Å². The van der Waals surface area contributed by atoms with Crippen molar-refractivity contribution in [3.63, 3.8) is 0 Å². The number of hydrogen-bond acceptors (Lipinski definition) is 2. The number of hydrogen-bond donors (Lipinski definition) is 1. The highest BCUT2D eigenvalue weighted by Crippen LogP contribution is 2.31. The SMILES string of the molecule is Cc1cc(OCc2ccccc2F)c(C(C)C)cc1N. The molecule has 2 rings (SSSR count). The smallest absolute Gasteiger partial charge is 0.129 e. The average Bonchev–Trinajstić information content (AvgIpc) is 2.41. The molecule has 0 spiro atoms. The summed E-state index contributed by atoms with van der Waals surface area (Å²) in [5.74, 6) is 0.828. The quantitative estimate of drug-likeness (QED) is 0.837. The maximum absolute atomic E-state index is 13.6. The van der Waals surface area contributed by atoms with Crippen LogP contribution >= 0.6 is 0 Å². The largest absolute Gasteiger partial charge is 0.488 e. The van der Waals surface area contributed by atoms with Crippen LogP contribution in [0.5, 0.6) is 5.75 Å². The Morgan fingerprint density at radius 3 is 2.55 bits per heavy atom. The molecule has 2 aromatic carbocycles. The highest BCUT2D eigenvalue weighted by molar-refractivity contribution is 5.55. The highest BCUT2D eigenvalue weighted by Gasteiger charge is 2.11. The number of nitrogen functional groups attached to an aromatic ring is 1. The molecule has 106 valence electrons. The lowest BCUT2D eigenvalue weighted by Gasteiger charge is -2.16. The Morgan fingerprint density at radius 1 is 1.20 bits per heavy atom. The first-order valence-corrected chi connectivity index (χ1v) is 6.75. The Morgan fingerprint density at radius 2 is 1.90 bits per heavy atom. The molecule has 0 aliphatic rings. The van der Waals surface area contributed by atoms with Crippen molar-refractivity contribution >= 4 is 5.69 Å². The predicted octanol–water partition coefficient (Wildman–Crippen LogP) is 4.42. The molecule has 0 atom stereocenters. The summed E-state index contributed by atoms with van der Waals surface area (Å²) >= 11 is 0. The number of benzene rings is 2. The molecule has 0 unspecified atom stereocenters. The molecule has 0 aromatic heterocycles. The van der Waals surface area contributed by atoms with E-state index in [0.717, 1.165) is 22.6 Å². The first kappa shape index (κ1) is 14.4. The third-order valence-electron chi connectivity index (χ3n) is 3.36. The molecule has 0 bridgehead atoms. The van der Waals surface area contributed by atoms with Crippen molar-refractivity contribution in [2.24, 2.45) is 0 Å². The summed E-state index contributed by atoms with van der Waals surface area (Å²) in [6.07, 6.45) is 0. The van der Waals surface area contributed by atoms with Crippen molar-refractivity contribution < 1.29 is 9.13 Å². The molecule has 0 heterocycles. The molecule has 0 saturated carbocycles. The Labute approximate surface area is 119 Å². The first-order chi connectivity index (χ1) is 9.49. The van der Waals surface area contributed by atoms with Gasteiger partial charge in [0.25, 0.3) is 0 Å². The Hall–Kier alpha value is -2.03. The second kappa shape index (κ2) is 5.95. The van der Waals surface area contributed by atoms with E-state index in [-0.39, 0.29) is 12.4 Å². The molecule has 3 heteroatoms. The lowest BCUT2D eigenvalue weighted by Crippen LogP contribution is -2.03. The monoisotopic (exact) mass is 273 g/mol. The summed E-state index contributed by atoms with van der Waals surface area (Å²) in [5.41, 5.74) is 9.27. The molecule has 2 nitrogen and oxygen atoms in total. The zero-order chi connectivity index (χ0) is 14.7. The van der Waals surface area contributed by atoms with Crippen LogP contribution < -0.4 is 10.5 Å². The van der Waals surface area contributed by atoms with Gasteiger partial charge in [-0.05, 0) is 42.2 Å². The number of anilines is 1. The van der Waals surface area contributed by atoms with E-state index in [1.165, 1.54) is 6.07 Å². The van der Waals surface area contributed by atoms with E-state index < -0.39 is 0 Å². The van der Waals surface area contributed by atoms with E-state index in [0.29, 0.717) is 11.5 Å². The summed E-state index contributed by atoms with van der Waals surface area (Å²) < 4.78 is 19.4. The fourth-order valence-corrected chi connectivity index (χ4v) is 2.06. The van der Waals surface area contributed by atoms with Crippen LogP contribution in [-0.2, 0) is 6.61 Å². The normalized spacial score (nSPS) is 10.8. The molecule has 0 amide bonds. The number of halogens is 1. The van der Waals surface area contributed by atoms with Crippen molar-refractivity contribution in [2.75, 3.05) is 5.73 Å². The maximum atomic E-state index is 13.6. The van der Waals surface area contributed by atoms with Gasteiger partial charge in [-0.3, -0.25) is 0 Å². The number of rotatable bonds is 4. The zero-order valence-electron chi connectivity index (χ0n) is 12.1. The lowest BCUT2D eigenvalue weighted by atomic mass is 9.99. The van der Waals surface area contributed by atoms with Gasteiger partial charge in [-0.15, -0.1) is 0 Å². The van der Waals surface area contributed by atoms with Gasteiger partial charge >= 0.3 is 0 Å². The van der Waals surface area contributed by atoms with E-state index >= 15 is 0 Å². The van der Waals surface area contributed by atoms with Gasteiger partial charge in [0, 0.05) is 11.3 Å². The van der Waals surface area contributed by atoms with Crippen molar-refractivity contribution in [3.8, 4) is 5.75 Å². The van der Waals surface area contributed by atoms with E-state index in [2.05, 4.69) is 13.8 Å². The minimum absolute atomic E-state index is 0.218. The van der Waals surface area contributed by atoms with Crippen LogP contribution in [-0.4, -0.2) is 0 Å². The Bertz CT molecular complexity index is 608. The Kier molecular flexibility index (Phi) is 4.28. The highest BCUT2D eigenvalue weighted by atomic mass is 19.1. The van der Waals surface area contributed by atoms with Crippen LogP contribution in [0.1, 0.15) is 36.5 Å². The van der Waals surface area contributed by atoms with Gasteiger partial charge in [0.15, 0.2) is 0 Å². The molecule has 2 N–H and O–H groups in total. The van der Waals surface area contributed by atoms with E-state index in [4.69, 9.17) is 10.5 Å². The van der Waals surface area contributed by atoms with Crippen molar-refractivity contribution in [2.45, 2.75) is 33.3 Å². The maximum Gasteiger partial charge on any atom is 0.129 e. The topological polar surface area (TPSA) is 35.2 Å². The second-order valence-corrected chi connectivity index (χ2v) is 5.28. The van der Waals surface area contributed by atoms with Crippen LogP contribution in [0.25, 0.3) is 0 Å². The molecular formula is C17H20FNO. The van der Waals surface area contributed by atoms with Gasteiger partial charge in [0.1, 0.15) is 18.2 Å². The van der Waals surface area contributed by atoms with E-state index in [1.54, 1.807) is 18.2 Å². The second-order valence-electron chi connectivity index (χ2n) is 5.28. The van der Waals surface area contributed by atoms with E-state index in [1.807, 2.05) is 19.1 Å². The fourth-order valence-electron chi connectivity index (χ4n) is 2.06. The first-order valence-electron chi connectivity index (χ1n) is 6.75. The number of nitrogens with two attached hydrogens (primary N) is 1. The van der Waals surface area contributed by atoms with Crippen molar-refractivity contribution in [1.82, 2.24) is 0 Å². The molecule has 0 aliphatic carbocycles. The zero-order valence-corrected chi connectivity index (χ0v) is 12.1. The van der Waals surface area contributed by atoms with Gasteiger partial charge in [-0.1, -0.05) is 32.0 Å². The van der Waals surface area contributed by atoms with Crippen LogP contribution in [0.2, 0.25) is 0 Å². The van der Waals surface area contributed by atoms with Gasteiger partial charge in [-0.25, -0.2) is 4.39 Å². The summed E-state index contributed by atoms with van der Waals surface area (Å²) in [4.78, 5) is 0. The summed E-state index contributed by atoms with van der Waals surface area (Å²) in [6, 6.07) is 10.5. The van der Waals surface area contributed by atoms with Crippen LogP contribution in [0.3, 0.4) is 0 Å². The van der Waals surface area contributed by atoms with E-state index in [9.17, 15) is 4.39 Å². The van der Waals surface area contributed by atoms with Crippen LogP contribution in [0.15, 0.2) is 36.4 Å². The third-order valence-corrected chi connectivity index (χ3v) is 3.36. The summed E-state index contributed by atoms with van der Waals surface area (Å²) in [7, 11) is 0. The number of aryl methyl sites for hydroxylation is 1. The minimum atomic E-state index is -0.245. The van der Waals surface area contributed by atoms with Gasteiger partial charge in [0.05, 0.1) is 0 Å². The van der Waals surface area contributed by atoms with Gasteiger partial charge in [-0.2, -0.15) is 0 Å². The fraction of sp³-hybridized carbons (Fsp3) is 0.294. The van der Waals surface area contributed by atoms with Crippen LogP contribution in [0.4, 0.5) is 10.1 Å². The standard InChI is InChI=1S/C17H20FNO/c1-11(2)14-9-16(19)12(3)8-17(14)20-10-13-6-4-5-7-15(13)18/h4-9,11H,10,19H2,1-3H3. The molecule has 0 fully saturated rings. The lowest BCUT2D eigenvalue weighted by molar-refractivity contribution is 0.295. The van der Waals surface area contributed by atoms with Gasteiger partial charge in [0.2, 0.25) is 0 Å². The molecule has 0 aliphatic heterocycles. The third kappa shape index (κ3) is 3.10.